The fourth-order valence-corrected chi connectivity index (χ4v) is 2.75. The van der Waals surface area contributed by atoms with Crippen molar-refractivity contribution in [2.45, 2.75) is 11.2 Å². The quantitative estimate of drug-likeness (QED) is 0.740. The molecule has 0 N–H and O–H groups in total. The van der Waals surface area contributed by atoms with Crippen molar-refractivity contribution in [3.8, 4) is 6.07 Å². The molecule has 0 bridgehead atoms. The molecule has 0 aliphatic carbocycles. The summed E-state index contributed by atoms with van der Waals surface area (Å²) in [4.78, 5) is 0. The third-order valence-electron chi connectivity index (χ3n) is 1.58. The van der Waals surface area contributed by atoms with Crippen molar-refractivity contribution in [2.75, 3.05) is 6.67 Å². The summed E-state index contributed by atoms with van der Waals surface area (Å²) in [5, 5.41) is 8.77. The van der Waals surface area contributed by atoms with Crippen molar-refractivity contribution in [1.29, 1.82) is 5.26 Å². The average molecular weight is 242 g/mol. The molecule has 68 valence electrons. The minimum absolute atomic E-state index is 0.113. The summed E-state index contributed by atoms with van der Waals surface area (Å²) >= 11 is -0.113. The second kappa shape index (κ2) is 4.41. The van der Waals surface area contributed by atoms with Gasteiger partial charge in [-0.15, -0.1) is 0 Å². The molecule has 0 aliphatic rings. The molecule has 0 radical (unpaired) electrons. The molecule has 0 amide bonds. The molecule has 1 unspecified atom stereocenters. The molecule has 0 spiro atoms. The van der Waals surface area contributed by atoms with Crippen LogP contribution in [0.2, 0.25) is 4.31 Å². The van der Waals surface area contributed by atoms with Gasteiger partial charge in [0.15, 0.2) is 0 Å². The Bertz CT molecular complexity index is 306. The maximum atomic E-state index is 12.5. The van der Waals surface area contributed by atoms with Crippen LogP contribution in [0.5, 0.6) is 0 Å². The number of nitrogens with zero attached hydrogens (tertiary/aromatic N) is 1. The molecule has 1 rings (SSSR count). The summed E-state index contributed by atoms with van der Waals surface area (Å²) in [6.45, 7) is 1.10. The van der Waals surface area contributed by atoms with Gasteiger partial charge in [-0.1, -0.05) is 0 Å². The summed E-state index contributed by atoms with van der Waals surface area (Å²) < 4.78 is 12.8. The Kier molecular flexibility index (Phi) is 3.48. The molecule has 3 heteroatoms. The fraction of sp³-hybridized carbons (Fsp3) is 0.300. The minimum atomic E-state index is -0.811. The Labute approximate surface area is 83.7 Å². The van der Waals surface area contributed by atoms with Crippen LogP contribution >= 0.6 is 0 Å². The topological polar surface area (TPSA) is 23.8 Å². The van der Waals surface area contributed by atoms with Crippen LogP contribution in [0.15, 0.2) is 30.3 Å². The Morgan fingerprint density at radius 2 is 2.08 bits per heavy atom. The van der Waals surface area contributed by atoms with Gasteiger partial charge < -0.3 is 0 Å². The standard InChI is InChI=1S/C10H10FNSe/c1-10(7-11,8-12)13-9-5-3-2-4-6-9/h2-6H,7H2,1H3. The van der Waals surface area contributed by atoms with E-state index >= 15 is 0 Å². The molecule has 0 saturated carbocycles. The molecule has 13 heavy (non-hydrogen) atoms. The third kappa shape index (κ3) is 2.84. The van der Waals surface area contributed by atoms with Gasteiger partial charge in [0.05, 0.1) is 0 Å². The number of hydrogen-bond donors (Lipinski definition) is 0. The van der Waals surface area contributed by atoms with Crippen molar-refractivity contribution in [1.82, 2.24) is 0 Å². The number of nitriles is 1. The van der Waals surface area contributed by atoms with Crippen molar-refractivity contribution >= 4 is 19.4 Å². The van der Waals surface area contributed by atoms with E-state index in [1.807, 2.05) is 36.4 Å². The molecular formula is C10H10FNSe. The van der Waals surface area contributed by atoms with Crippen LogP contribution in [0.4, 0.5) is 4.39 Å². The average Bonchev–Trinajstić information content (AvgIpc) is 2.19. The molecule has 1 aromatic carbocycles. The molecule has 0 saturated heterocycles. The summed E-state index contributed by atoms with van der Waals surface area (Å²) in [6, 6.07) is 11.6. The fourth-order valence-electron chi connectivity index (χ4n) is 0.829. The van der Waals surface area contributed by atoms with Crippen LogP contribution in [0.25, 0.3) is 0 Å². The molecule has 0 aromatic heterocycles. The van der Waals surface area contributed by atoms with E-state index in [0.29, 0.717) is 0 Å². The Morgan fingerprint density at radius 1 is 1.46 bits per heavy atom. The maximum absolute atomic E-state index is 12.5. The van der Waals surface area contributed by atoms with Crippen molar-refractivity contribution < 1.29 is 4.39 Å². The predicted molar refractivity (Wildman–Crippen MR) is 51.8 cm³/mol. The van der Waals surface area contributed by atoms with Crippen LogP contribution in [-0.2, 0) is 0 Å². The zero-order valence-electron chi connectivity index (χ0n) is 7.33. The number of halogens is 1. The van der Waals surface area contributed by atoms with E-state index in [2.05, 4.69) is 0 Å². The van der Waals surface area contributed by atoms with Gasteiger partial charge in [0.2, 0.25) is 0 Å². The SMILES string of the molecule is CC(C#N)(CF)[Se]c1ccccc1. The summed E-state index contributed by atoms with van der Waals surface area (Å²) in [6.07, 6.45) is 0. The molecule has 1 aromatic rings. The Hall–Kier alpha value is -0.841. The number of benzene rings is 1. The Balaban J connectivity index is 2.75. The zero-order valence-corrected chi connectivity index (χ0v) is 9.04. The van der Waals surface area contributed by atoms with E-state index < -0.39 is 11.0 Å². The van der Waals surface area contributed by atoms with Gasteiger partial charge in [-0.05, 0) is 0 Å². The second-order valence-corrected chi connectivity index (χ2v) is 6.20. The van der Waals surface area contributed by atoms with Crippen LogP contribution in [-0.4, -0.2) is 21.6 Å². The first-order valence-corrected chi connectivity index (χ1v) is 5.63. The van der Waals surface area contributed by atoms with E-state index in [1.165, 1.54) is 0 Å². The Morgan fingerprint density at radius 3 is 2.54 bits per heavy atom. The second-order valence-electron chi connectivity index (χ2n) is 2.89. The molecule has 0 heterocycles. The third-order valence-corrected chi connectivity index (χ3v) is 4.01. The van der Waals surface area contributed by atoms with Gasteiger partial charge in [-0.25, -0.2) is 0 Å². The summed E-state index contributed by atoms with van der Waals surface area (Å²) in [7, 11) is 0. The number of hydrogen-bond acceptors (Lipinski definition) is 1. The van der Waals surface area contributed by atoms with E-state index in [4.69, 9.17) is 5.26 Å². The van der Waals surface area contributed by atoms with Crippen LogP contribution in [0.1, 0.15) is 6.92 Å². The van der Waals surface area contributed by atoms with E-state index in [9.17, 15) is 4.39 Å². The first kappa shape index (κ1) is 10.2. The molecule has 1 atom stereocenters. The zero-order chi connectivity index (χ0) is 9.73. The summed E-state index contributed by atoms with van der Waals surface area (Å²) in [5.41, 5.74) is 0. The number of alkyl halides is 1. The van der Waals surface area contributed by atoms with Gasteiger partial charge in [0.25, 0.3) is 0 Å². The van der Waals surface area contributed by atoms with Crippen molar-refractivity contribution in [3.05, 3.63) is 30.3 Å². The summed E-state index contributed by atoms with van der Waals surface area (Å²) in [5.74, 6) is 0. The molecule has 0 fully saturated rings. The van der Waals surface area contributed by atoms with Crippen LogP contribution in [0, 0.1) is 11.3 Å². The number of rotatable bonds is 3. The normalized spacial score (nSPS) is 14.5. The van der Waals surface area contributed by atoms with Gasteiger partial charge in [0, 0.05) is 0 Å². The van der Waals surface area contributed by atoms with Gasteiger partial charge in [0.1, 0.15) is 0 Å². The van der Waals surface area contributed by atoms with Crippen LogP contribution in [0.3, 0.4) is 0 Å². The van der Waals surface area contributed by atoms with E-state index in [0.717, 1.165) is 4.46 Å². The van der Waals surface area contributed by atoms with Crippen molar-refractivity contribution in [2.24, 2.45) is 0 Å². The van der Waals surface area contributed by atoms with E-state index in [-0.39, 0.29) is 15.0 Å². The van der Waals surface area contributed by atoms with Crippen molar-refractivity contribution in [3.63, 3.8) is 0 Å². The van der Waals surface area contributed by atoms with Gasteiger partial charge in [-0.3, -0.25) is 0 Å². The monoisotopic (exact) mass is 243 g/mol. The molecular weight excluding hydrogens is 232 g/mol. The first-order chi connectivity index (χ1) is 6.20. The molecule has 0 aliphatic heterocycles. The molecule has 1 nitrogen and oxygen atoms in total. The van der Waals surface area contributed by atoms with Gasteiger partial charge in [-0.2, -0.15) is 0 Å². The van der Waals surface area contributed by atoms with Gasteiger partial charge >= 0.3 is 83.4 Å². The predicted octanol–water partition coefficient (Wildman–Crippen LogP) is 1.69. The van der Waals surface area contributed by atoms with Crippen LogP contribution < -0.4 is 4.46 Å². The van der Waals surface area contributed by atoms with E-state index in [1.54, 1.807) is 6.92 Å². The first-order valence-electron chi connectivity index (χ1n) is 3.91.